The van der Waals surface area contributed by atoms with Crippen molar-refractivity contribution in [2.45, 2.75) is 38.1 Å². The third-order valence-electron chi connectivity index (χ3n) is 2.58. The van der Waals surface area contributed by atoms with Crippen molar-refractivity contribution in [3.63, 3.8) is 0 Å². The lowest BCUT2D eigenvalue weighted by Crippen LogP contribution is -2.43. The van der Waals surface area contributed by atoms with Crippen LogP contribution in [0.4, 0.5) is 0 Å². The zero-order valence-corrected chi connectivity index (χ0v) is 8.72. The second-order valence-corrected chi connectivity index (χ2v) is 3.92. The third-order valence-corrected chi connectivity index (χ3v) is 2.58. The molecule has 14 heavy (non-hydrogen) atoms. The number of carbonyl (C=O) groups is 1. The van der Waals surface area contributed by atoms with Gasteiger partial charge in [0.15, 0.2) is 0 Å². The van der Waals surface area contributed by atoms with Crippen LogP contribution < -0.4 is 16.4 Å². The van der Waals surface area contributed by atoms with Crippen molar-refractivity contribution < 1.29 is 4.79 Å². The van der Waals surface area contributed by atoms with Crippen molar-refractivity contribution >= 4 is 5.91 Å². The molecule has 0 spiro atoms. The van der Waals surface area contributed by atoms with Crippen LogP contribution in [0.3, 0.4) is 0 Å². The Morgan fingerprint density at radius 1 is 1.50 bits per heavy atom. The standard InChI is InChI=1S/C10H21N3O/c11-10(14)5-1-2-7-13-9-4-3-6-12-8-9/h9,12-13H,1-8H2,(H2,11,14). The Morgan fingerprint density at radius 2 is 2.36 bits per heavy atom. The van der Waals surface area contributed by atoms with Crippen LogP contribution in [0.25, 0.3) is 0 Å². The fourth-order valence-electron chi connectivity index (χ4n) is 1.76. The highest BCUT2D eigenvalue weighted by atomic mass is 16.1. The van der Waals surface area contributed by atoms with Crippen molar-refractivity contribution in [1.29, 1.82) is 0 Å². The van der Waals surface area contributed by atoms with E-state index in [0.29, 0.717) is 12.5 Å². The van der Waals surface area contributed by atoms with E-state index in [4.69, 9.17) is 5.73 Å². The molecule has 1 fully saturated rings. The van der Waals surface area contributed by atoms with Crippen LogP contribution in [0.15, 0.2) is 0 Å². The smallest absolute Gasteiger partial charge is 0.217 e. The first-order valence-electron chi connectivity index (χ1n) is 5.51. The van der Waals surface area contributed by atoms with Gasteiger partial charge in [-0.3, -0.25) is 4.79 Å². The maximum atomic E-state index is 10.5. The average Bonchev–Trinajstić information content (AvgIpc) is 2.18. The zero-order chi connectivity index (χ0) is 10.2. The first-order chi connectivity index (χ1) is 6.79. The van der Waals surface area contributed by atoms with E-state index in [2.05, 4.69) is 10.6 Å². The van der Waals surface area contributed by atoms with Gasteiger partial charge in [-0.25, -0.2) is 0 Å². The highest BCUT2D eigenvalue weighted by Crippen LogP contribution is 2.01. The van der Waals surface area contributed by atoms with Crippen LogP contribution in [-0.2, 0) is 4.79 Å². The van der Waals surface area contributed by atoms with Gasteiger partial charge in [0.1, 0.15) is 0 Å². The van der Waals surface area contributed by atoms with Crippen molar-refractivity contribution in [2.75, 3.05) is 19.6 Å². The Balaban J connectivity index is 1.90. The maximum absolute atomic E-state index is 10.5. The highest BCUT2D eigenvalue weighted by Gasteiger charge is 2.10. The minimum absolute atomic E-state index is 0.190. The molecule has 0 aromatic heterocycles. The Labute approximate surface area is 85.6 Å². The minimum Gasteiger partial charge on any atom is -0.370 e. The summed E-state index contributed by atoms with van der Waals surface area (Å²) in [7, 11) is 0. The fourth-order valence-corrected chi connectivity index (χ4v) is 1.76. The van der Waals surface area contributed by atoms with Gasteiger partial charge in [-0.1, -0.05) is 0 Å². The number of nitrogens with two attached hydrogens (primary N) is 1. The van der Waals surface area contributed by atoms with Crippen LogP contribution >= 0.6 is 0 Å². The lowest BCUT2D eigenvalue weighted by molar-refractivity contribution is -0.118. The second kappa shape index (κ2) is 6.79. The molecule has 1 aliphatic heterocycles. The van der Waals surface area contributed by atoms with Gasteiger partial charge < -0.3 is 16.4 Å². The summed E-state index contributed by atoms with van der Waals surface area (Å²) in [5, 5.41) is 6.84. The number of hydrogen-bond donors (Lipinski definition) is 3. The van der Waals surface area contributed by atoms with Gasteiger partial charge in [-0.05, 0) is 38.8 Å². The molecule has 1 aliphatic rings. The molecule has 4 nitrogen and oxygen atoms in total. The zero-order valence-electron chi connectivity index (χ0n) is 8.72. The SMILES string of the molecule is NC(=O)CCCCNC1CCCNC1. The first-order valence-corrected chi connectivity index (χ1v) is 5.51. The predicted molar refractivity (Wildman–Crippen MR) is 56.9 cm³/mol. The highest BCUT2D eigenvalue weighted by molar-refractivity contribution is 5.73. The van der Waals surface area contributed by atoms with Crippen molar-refractivity contribution in [2.24, 2.45) is 5.73 Å². The predicted octanol–water partition coefficient (Wildman–Crippen LogP) is -0.0164. The Kier molecular flexibility index (Phi) is 5.56. The average molecular weight is 199 g/mol. The monoisotopic (exact) mass is 199 g/mol. The number of unbranched alkanes of at least 4 members (excludes halogenated alkanes) is 1. The van der Waals surface area contributed by atoms with Gasteiger partial charge in [0.05, 0.1) is 0 Å². The molecule has 1 atom stereocenters. The van der Waals surface area contributed by atoms with E-state index in [1.54, 1.807) is 0 Å². The molecule has 0 aliphatic carbocycles. The molecule has 4 N–H and O–H groups in total. The molecule has 1 saturated heterocycles. The summed E-state index contributed by atoms with van der Waals surface area (Å²) in [6, 6.07) is 0.623. The molecule has 0 radical (unpaired) electrons. The van der Waals surface area contributed by atoms with E-state index in [1.165, 1.54) is 12.8 Å². The number of rotatable bonds is 6. The van der Waals surface area contributed by atoms with E-state index in [9.17, 15) is 4.79 Å². The molecule has 1 amide bonds. The molecule has 1 rings (SSSR count). The Morgan fingerprint density at radius 3 is 3.00 bits per heavy atom. The van der Waals surface area contributed by atoms with Gasteiger partial charge in [-0.2, -0.15) is 0 Å². The van der Waals surface area contributed by atoms with Crippen molar-refractivity contribution in [1.82, 2.24) is 10.6 Å². The molecule has 0 bridgehead atoms. The Bertz CT molecular complexity index is 167. The summed E-state index contributed by atoms with van der Waals surface area (Å²) in [5.41, 5.74) is 5.05. The number of nitrogens with one attached hydrogen (secondary N) is 2. The fraction of sp³-hybridized carbons (Fsp3) is 0.900. The minimum atomic E-state index is -0.190. The number of piperidine rings is 1. The maximum Gasteiger partial charge on any atom is 0.217 e. The van der Waals surface area contributed by atoms with Crippen LogP contribution in [0.1, 0.15) is 32.1 Å². The van der Waals surface area contributed by atoms with Crippen molar-refractivity contribution in [3.8, 4) is 0 Å². The summed E-state index contributed by atoms with van der Waals surface area (Å²) in [6.07, 6.45) is 4.99. The summed E-state index contributed by atoms with van der Waals surface area (Å²) in [6.45, 7) is 3.23. The van der Waals surface area contributed by atoms with Crippen LogP contribution in [-0.4, -0.2) is 31.6 Å². The number of hydrogen-bond acceptors (Lipinski definition) is 3. The topological polar surface area (TPSA) is 67.2 Å². The van der Waals surface area contributed by atoms with Crippen LogP contribution in [0.5, 0.6) is 0 Å². The van der Waals surface area contributed by atoms with E-state index < -0.39 is 0 Å². The normalized spacial score (nSPS) is 22.1. The number of carbonyl (C=O) groups excluding carboxylic acids is 1. The molecule has 4 heteroatoms. The lowest BCUT2D eigenvalue weighted by Gasteiger charge is -2.23. The van der Waals surface area contributed by atoms with Gasteiger partial charge in [0.2, 0.25) is 5.91 Å². The van der Waals surface area contributed by atoms with E-state index in [1.807, 2.05) is 0 Å². The summed E-state index contributed by atoms with van der Waals surface area (Å²) < 4.78 is 0. The summed E-state index contributed by atoms with van der Waals surface area (Å²) in [5.74, 6) is -0.190. The lowest BCUT2D eigenvalue weighted by atomic mass is 10.1. The summed E-state index contributed by atoms with van der Waals surface area (Å²) >= 11 is 0. The molecule has 0 saturated carbocycles. The van der Waals surface area contributed by atoms with E-state index >= 15 is 0 Å². The van der Waals surface area contributed by atoms with Crippen LogP contribution in [0.2, 0.25) is 0 Å². The molecule has 82 valence electrons. The van der Waals surface area contributed by atoms with Gasteiger partial charge >= 0.3 is 0 Å². The summed E-state index contributed by atoms with van der Waals surface area (Å²) in [4.78, 5) is 10.5. The van der Waals surface area contributed by atoms with E-state index in [-0.39, 0.29) is 5.91 Å². The third kappa shape index (κ3) is 5.19. The quantitative estimate of drug-likeness (QED) is 0.527. The molecular formula is C10H21N3O. The number of primary amides is 1. The molecule has 0 aromatic rings. The Hall–Kier alpha value is -0.610. The van der Waals surface area contributed by atoms with Gasteiger partial charge in [0.25, 0.3) is 0 Å². The molecular weight excluding hydrogens is 178 g/mol. The largest absolute Gasteiger partial charge is 0.370 e. The van der Waals surface area contributed by atoms with Gasteiger partial charge in [0, 0.05) is 19.0 Å². The van der Waals surface area contributed by atoms with Crippen LogP contribution in [0, 0.1) is 0 Å². The first kappa shape index (κ1) is 11.5. The van der Waals surface area contributed by atoms with Crippen molar-refractivity contribution in [3.05, 3.63) is 0 Å². The van der Waals surface area contributed by atoms with Gasteiger partial charge in [-0.15, -0.1) is 0 Å². The number of amides is 1. The molecule has 1 unspecified atom stereocenters. The second-order valence-electron chi connectivity index (χ2n) is 3.92. The van der Waals surface area contributed by atoms with E-state index in [0.717, 1.165) is 32.5 Å². The molecule has 0 aromatic carbocycles. The molecule has 1 heterocycles.